The van der Waals surface area contributed by atoms with Crippen LogP contribution in [0.3, 0.4) is 0 Å². The van der Waals surface area contributed by atoms with Gasteiger partial charge >= 0.3 is 0 Å². The van der Waals surface area contributed by atoms with Crippen molar-refractivity contribution in [1.82, 2.24) is 5.43 Å². The van der Waals surface area contributed by atoms with Crippen LogP contribution in [-0.2, 0) is 4.79 Å². The van der Waals surface area contributed by atoms with Gasteiger partial charge in [-0.1, -0.05) is 35.3 Å². The van der Waals surface area contributed by atoms with Crippen molar-refractivity contribution in [3.8, 4) is 5.75 Å². The first kappa shape index (κ1) is 19.8. The molecule has 2 rings (SSSR count). The van der Waals surface area contributed by atoms with Gasteiger partial charge in [-0.25, -0.2) is 5.43 Å². The minimum atomic E-state index is -0.430. The van der Waals surface area contributed by atoms with E-state index in [9.17, 15) is 9.59 Å². The molecule has 0 spiro atoms. The number of nitrogens with one attached hydrogen (secondary N) is 2. The molecular formula is C18H17Cl2N3O3. The van der Waals surface area contributed by atoms with Crippen LogP contribution in [0.5, 0.6) is 5.75 Å². The number of carbonyl (C=O) groups is 2. The lowest BCUT2D eigenvalue weighted by Gasteiger charge is -2.08. The van der Waals surface area contributed by atoms with Crippen LogP contribution in [0.1, 0.15) is 23.7 Å². The van der Waals surface area contributed by atoms with Gasteiger partial charge in [0, 0.05) is 10.7 Å². The van der Waals surface area contributed by atoms with E-state index < -0.39 is 5.91 Å². The smallest absolute Gasteiger partial charge is 0.275 e. The molecule has 136 valence electrons. The average molecular weight is 394 g/mol. The van der Waals surface area contributed by atoms with Gasteiger partial charge in [-0.15, -0.1) is 0 Å². The maximum atomic E-state index is 12.2. The fourth-order valence-electron chi connectivity index (χ4n) is 2.10. The molecule has 0 aliphatic rings. The highest BCUT2D eigenvalue weighted by Crippen LogP contribution is 2.25. The number of anilines is 1. The highest BCUT2D eigenvalue weighted by atomic mass is 35.5. The van der Waals surface area contributed by atoms with Crippen LogP contribution in [0.4, 0.5) is 5.69 Å². The Kier molecular flexibility index (Phi) is 7.00. The first-order valence-corrected chi connectivity index (χ1v) is 8.37. The molecule has 0 saturated heterocycles. The molecule has 8 heteroatoms. The second-order valence-electron chi connectivity index (χ2n) is 5.34. The lowest BCUT2D eigenvalue weighted by Crippen LogP contribution is -2.22. The van der Waals surface area contributed by atoms with Crippen LogP contribution in [0.15, 0.2) is 47.6 Å². The molecular weight excluding hydrogens is 377 g/mol. The quantitative estimate of drug-likeness (QED) is 0.571. The Morgan fingerprint density at radius 1 is 1.15 bits per heavy atom. The Labute approximate surface area is 161 Å². The predicted octanol–water partition coefficient (Wildman–Crippen LogP) is 4.14. The number of amides is 2. The van der Waals surface area contributed by atoms with Crippen molar-refractivity contribution in [1.29, 1.82) is 0 Å². The van der Waals surface area contributed by atoms with Gasteiger partial charge in [0.1, 0.15) is 5.75 Å². The maximum absolute atomic E-state index is 12.2. The molecule has 0 aliphatic carbocycles. The number of methoxy groups -OCH3 is 1. The third-order valence-electron chi connectivity index (χ3n) is 3.32. The molecule has 2 aromatic rings. The summed E-state index contributed by atoms with van der Waals surface area (Å²) in [6.07, 6.45) is -0.0188. The van der Waals surface area contributed by atoms with Crippen LogP contribution in [0.2, 0.25) is 10.0 Å². The van der Waals surface area contributed by atoms with Crippen LogP contribution in [0, 0.1) is 0 Å². The lowest BCUT2D eigenvalue weighted by molar-refractivity contribution is -0.115. The van der Waals surface area contributed by atoms with Gasteiger partial charge in [-0.2, -0.15) is 5.10 Å². The third-order valence-corrected chi connectivity index (χ3v) is 3.88. The number of nitrogens with zero attached hydrogens (tertiary/aromatic N) is 1. The molecule has 0 fully saturated rings. The van der Waals surface area contributed by atoms with E-state index in [1.807, 2.05) is 0 Å². The van der Waals surface area contributed by atoms with Crippen molar-refractivity contribution in [2.24, 2.45) is 5.10 Å². The topological polar surface area (TPSA) is 79.8 Å². The number of para-hydroxylation sites is 1. The number of ether oxygens (including phenoxy) is 1. The third kappa shape index (κ3) is 5.47. The second-order valence-corrected chi connectivity index (χ2v) is 6.18. The molecule has 0 saturated carbocycles. The zero-order valence-corrected chi connectivity index (χ0v) is 15.7. The number of hydrogen-bond acceptors (Lipinski definition) is 4. The SMILES string of the molecule is COc1ccccc1C(=O)NN=C(C)CC(=O)Nc1cc(Cl)ccc1Cl. The highest BCUT2D eigenvalue weighted by molar-refractivity contribution is 6.35. The van der Waals surface area contributed by atoms with Gasteiger partial charge in [0.05, 0.1) is 29.8 Å². The number of carbonyl (C=O) groups excluding carboxylic acids is 2. The van der Waals surface area contributed by atoms with Crippen LogP contribution in [0.25, 0.3) is 0 Å². The summed E-state index contributed by atoms with van der Waals surface area (Å²) in [6.45, 7) is 1.63. The standard InChI is InChI=1S/C18H17Cl2N3O3/c1-11(9-17(24)21-15-10-12(19)7-8-14(15)20)22-23-18(25)13-5-3-4-6-16(13)26-2/h3-8,10H,9H2,1-2H3,(H,21,24)(H,23,25). The molecule has 6 nitrogen and oxygen atoms in total. The van der Waals surface area contributed by atoms with Crippen LogP contribution >= 0.6 is 23.2 Å². The van der Waals surface area contributed by atoms with E-state index in [4.69, 9.17) is 27.9 Å². The molecule has 2 amide bonds. The zero-order chi connectivity index (χ0) is 19.1. The first-order valence-electron chi connectivity index (χ1n) is 7.62. The predicted molar refractivity (Wildman–Crippen MR) is 103 cm³/mol. The fourth-order valence-corrected chi connectivity index (χ4v) is 2.44. The summed E-state index contributed by atoms with van der Waals surface area (Å²) < 4.78 is 5.13. The average Bonchev–Trinajstić information content (AvgIpc) is 2.62. The van der Waals surface area contributed by atoms with E-state index in [0.717, 1.165) is 0 Å². The lowest BCUT2D eigenvalue weighted by atomic mass is 10.2. The summed E-state index contributed by atoms with van der Waals surface area (Å²) in [5, 5.41) is 7.42. The molecule has 0 radical (unpaired) electrons. The molecule has 26 heavy (non-hydrogen) atoms. The van der Waals surface area contributed by atoms with Crippen molar-refractivity contribution in [3.05, 3.63) is 58.1 Å². The van der Waals surface area contributed by atoms with Crippen molar-refractivity contribution in [3.63, 3.8) is 0 Å². The monoisotopic (exact) mass is 393 g/mol. The second kappa shape index (κ2) is 9.22. The van der Waals surface area contributed by atoms with Crippen molar-refractivity contribution in [2.45, 2.75) is 13.3 Å². The summed E-state index contributed by atoms with van der Waals surface area (Å²) in [5.74, 6) is -0.326. The van der Waals surface area contributed by atoms with Gasteiger partial charge in [0.25, 0.3) is 5.91 Å². The van der Waals surface area contributed by atoms with Gasteiger partial charge < -0.3 is 10.1 Å². The van der Waals surface area contributed by atoms with Crippen LogP contribution in [-0.4, -0.2) is 24.6 Å². The first-order chi connectivity index (χ1) is 12.4. The molecule has 0 bridgehead atoms. The Balaban J connectivity index is 1.96. The molecule has 0 atom stereocenters. The molecule has 0 aliphatic heterocycles. The Morgan fingerprint density at radius 2 is 1.88 bits per heavy atom. The minimum Gasteiger partial charge on any atom is -0.496 e. The number of hydrazone groups is 1. The van der Waals surface area contributed by atoms with Gasteiger partial charge in [0.2, 0.25) is 5.91 Å². The Morgan fingerprint density at radius 3 is 2.62 bits per heavy atom. The summed E-state index contributed by atoms with van der Waals surface area (Å²) in [6, 6.07) is 11.5. The molecule has 0 unspecified atom stereocenters. The van der Waals surface area contributed by atoms with Gasteiger partial charge in [0.15, 0.2) is 0 Å². The maximum Gasteiger partial charge on any atom is 0.275 e. The van der Waals surface area contributed by atoms with Crippen molar-refractivity contribution in [2.75, 3.05) is 12.4 Å². The number of benzene rings is 2. The van der Waals surface area contributed by atoms with E-state index in [-0.39, 0.29) is 12.3 Å². The molecule has 2 aromatic carbocycles. The minimum absolute atomic E-state index is 0.0188. The zero-order valence-electron chi connectivity index (χ0n) is 14.2. The Bertz CT molecular complexity index is 853. The normalized spacial score (nSPS) is 11.0. The van der Waals surface area contributed by atoms with Crippen molar-refractivity contribution >= 4 is 46.4 Å². The molecule has 0 aromatic heterocycles. The molecule has 2 N–H and O–H groups in total. The van der Waals surface area contributed by atoms with E-state index in [1.54, 1.807) is 49.4 Å². The van der Waals surface area contributed by atoms with E-state index >= 15 is 0 Å². The largest absolute Gasteiger partial charge is 0.496 e. The number of hydrogen-bond donors (Lipinski definition) is 2. The van der Waals surface area contributed by atoms with Gasteiger partial charge in [-0.3, -0.25) is 9.59 Å². The summed E-state index contributed by atoms with van der Waals surface area (Å²) in [4.78, 5) is 24.2. The van der Waals surface area contributed by atoms with Crippen LogP contribution < -0.4 is 15.5 Å². The fraction of sp³-hybridized carbons (Fsp3) is 0.167. The Hall–Kier alpha value is -2.57. The molecule has 0 heterocycles. The summed E-state index contributed by atoms with van der Waals surface area (Å²) >= 11 is 11.9. The summed E-state index contributed by atoms with van der Waals surface area (Å²) in [5.41, 5.74) is 3.59. The van der Waals surface area contributed by atoms with E-state index in [1.165, 1.54) is 7.11 Å². The number of rotatable bonds is 6. The van der Waals surface area contributed by atoms with Crippen molar-refractivity contribution < 1.29 is 14.3 Å². The highest BCUT2D eigenvalue weighted by Gasteiger charge is 2.12. The van der Waals surface area contributed by atoms with Gasteiger partial charge in [-0.05, 0) is 37.3 Å². The summed E-state index contributed by atoms with van der Waals surface area (Å²) in [7, 11) is 1.48. The number of halogens is 2. The van der Waals surface area contributed by atoms with E-state index in [0.29, 0.717) is 32.8 Å². The van der Waals surface area contributed by atoms with E-state index in [2.05, 4.69) is 15.8 Å².